The van der Waals surface area contributed by atoms with Crippen molar-refractivity contribution in [2.75, 3.05) is 11.9 Å². The number of sulfonamides is 1. The van der Waals surface area contributed by atoms with Crippen LogP contribution in [0.3, 0.4) is 0 Å². The normalized spacial score (nSPS) is 14.2. The maximum Gasteiger partial charge on any atom is 0.262 e. The lowest BCUT2D eigenvalue weighted by Crippen LogP contribution is -2.29. The van der Waals surface area contributed by atoms with Gasteiger partial charge in [-0.25, -0.2) is 8.42 Å². The van der Waals surface area contributed by atoms with Crippen molar-refractivity contribution in [3.8, 4) is 0 Å². The highest BCUT2D eigenvalue weighted by molar-refractivity contribution is 7.90. The molecule has 0 aliphatic carbocycles. The van der Waals surface area contributed by atoms with Crippen LogP contribution in [0.2, 0.25) is 5.02 Å². The predicted molar refractivity (Wildman–Crippen MR) is 123 cm³/mol. The number of nitrogens with zero attached hydrogens (tertiary/aromatic N) is 1. The molecule has 0 fully saturated rings. The number of nitrogens with one attached hydrogen (secondary N) is 2. The minimum absolute atomic E-state index is 0.0615. The number of thiophene rings is 1. The first kappa shape index (κ1) is 20.6. The summed E-state index contributed by atoms with van der Waals surface area (Å²) in [6.45, 7) is 0.629. The van der Waals surface area contributed by atoms with E-state index < -0.39 is 10.0 Å². The van der Waals surface area contributed by atoms with E-state index in [0.29, 0.717) is 29.5 Å². The highest BCUT2D eigenvalue weighted by Gasteiger charge is 2.18. The van der Waals surface area contributed by atoms with Crippen molar-refractivity contribution in [3.05, 3.63) is 64.5 Å². The molecule has 1 amide bonds. The monoisotopic (exact) mass is 459 g/mol. The van der Waals surface area contributed by atoms with Crippen LogP contribution in [0, 0.1) is 0 Å². The zero-order valence-corrected chi connectivity index (χ0v) is 18.2. The van der Waals surface area contributed by atoms with Crippen LogP contribution in [-0.4, -0.2) is 26.7 Å². The number of hydrogen-bond acceptors (Lipinski definition) is 5. The minimum Gasteiger partial charge on any atom is -0.322 e. The third-order valence-corrected chi connectivity index (χ3v) is 7.52. The molecule has 0 saturated heterocycles. The molecule has 6 nitrogen and oxygen atoms in total. The molecule has 1 aliphatic rings. The van der Waals surface area contributed by atoms with E-state index in [4.69, 9.17) is 11.6 Å². The molecule has 0 spiro atoms. The summed E-state index contributed by atoms with van der Waals surface area (Å²) >= 11 is 7.88. The number of benzene rings is 2. The Morgan fingerprint density at radius 1 is 1.17 bits per heavy atom. The second kappa shape index (κ2) is 8.59. The molecule has 0 unspecified atom stereocenters. The maximum absolute atomic E-state index is 12.5. The molecule has 9 heteroatoms. The summed E-state index contributed by atoms with van der Waals surface area (Å²) < 4.78 is 28.6. The molecule has 2 N–H and O–H groups in total. The zero-order valence-electron chi connectivity index (χ0n) is 15.8. The molecular formula is C21H18ClN3O3S2. The Morgan fingerprint density at radius 2 is 2.00 bits per heavy atom. The van der Waals surface area contributed by atoms with Gasteiger partial charge in [-0.1, -0.05) is 35.9 Å². The quantitative estimate of drug-likeness (QED) is 0.543. The Balaban J connectivity index is 1.47. The van der Waals surface area contributed by atoms with Crippen LogP contribution in [-0.2, 0) is 14.8 Å². The fourth-order valence-corrected chi connectivity index (χ4v) is 5.59. The van der Waals surface area contributed by atoms with Crippen LogP contribution in [0.5, 0.6) is 0 Å². The van der Waals surface area contributed by atoms with E-state index in [1.54, 1.807) is 18.2 Å². The van der Waals surface area contributed by atoms with Crippen LogP contribution >= 0.6 is 22.9 Å². The van der Waals surface area contributed by atoms with Crippen LogP contribution in [0.15, 0.2) is 64.5 Å². The van der Waals surface area contributed by atoms with Gasteiger partial charge in [-0.2, -0.15) is 0 Å². The van der Waals surface area contributed by atoms with E-state index in [1.165, 1.54) is 29.5 Å². The lowest BCUT2D eigenvalue weighted by Gasteiger charge is -2.09. The van der Waals surface area contributed by atoms with Gasteiger partial charge in [0, 0.05) is 39.7 Å². The van der Waals surface area contributed by atoms with Gasteiger partial charge in [-0.05, 0) is 36.8 Å². The van der Waals surface area contributed by atoms with Gasteiger partial charge in [-0.15, -0.1) is 11.3 Å². The van der Waals surface area contributed by atoms with Gasteiger partial charge < -0.3 is 5.32 Å². The Hall–Kier alpha value is -2.68. The van der Waals surface area contributed by atoms with Crippen molar-refractivity contribution in [1.29, 1.82) is 0 Å². The van der Waals surface area contributed by atoms with Crippen LogP contribution in [0.4, 0.5) is 5.69 Å². The highest BCUT2D eigenvalue weighted by Crippen LogP contribution is 2.35. The first-order valence-electron chi connectivity index (χ1n) is 9.25. The third kappa shape index (κ3) is 4.56. The zero-order chi connectivity index (χ0) is 21.1. The maximum atomic E-state index is 12.5. The van der Waals surface area contributed by atoms with Gasteiger partial charge in [0.05, 0.1) is 9.92 Å². The van der Waals surface area contributed by atoms with Crippen LogP contribution < -0.4 is 10.0 Å². The van der Waals surface area contributed by atoms with E-state index in [0.717, 1.165) is 21.4 Å². The number of amides is 1. The fourth-order valence-electron chi connectivity index (χ4n) is 3.05. The standard InChI is InChI=1S/C21H18ClN3O3S2/c22-21-16-7-1-2-8-17(16)29-18(21)10-11-20(26)24-14-5-3-6-15(13-14)30(27,28)25-19-9-4-12-23-19/h1-3,5-8,10-11,13H,4,9,12H2,(H,23,25)(H,24,26). The Morgan fingerprint density at radius 3 is 2.77 bits per heavy atom. The van der Waals surface area contributed by atoms with Gasteiger partial charge in [0.2, 0.25) is 5.91 Å². The first-order chi connectivity index (χ1) is 14.4. The molecule has 2 heterocycles. The Kier molecular flexibility index (Phi) is 5.90. The lowest BCUT2D eigenvalue weighted by atomic mass is 10.2. The summed E-state index contributed by atoms with van der Waals surface area (Å²) in [5.74, 6) is 0.0822. The number of amidine groups is 1. The number of carbonyl (C=O) groups is 1. The first-order valence-corrected chi connectivity index (χ1v) is 11.9. The summed E-state index contributed by atoms with van der Waals surface area (Å²) in [7, 11) is -3.74. The second-order valence-corrected chi connectivity index (χ2v) is 9.81. The fraction of sp³-hybridized carbons (Fsp3) is 0.143. The van der Waals surface area contributed by atoms with Gasteiger partial charge in [0.25, 0.3) is 10.0 Å². The molecule has 1 aliphatic heterocycles. The molecule has 0 bridgehead atoms. The lowest BCUT2D eigenvalue weighted by molar-refractivity contribution is -0.111. The largest absolute Gasteiger partial charge is 0.322 e. The molecule has 1 aromatic heterocycles. The summed E-state index contributed by atoms with van der Waals surface area (Å²) in [6, 6.07) is 13.8. The average molecular weight is 460 g/mol. The number of carbonyl (C=O) groups excluding carboxylic acids is 1. The van der Waals surface area contributed by atoms with E-state index >= 15 is 0 Å². The van der Waals surface area contributed by atoms with Crippen LogP contribution in [0.1, 0.15) is 17.7 Å². The number of halogens is 1. The molecule has 4 rings (SSSR count). The molecule has 2 aromatic carbocycles. The molecule has 0 radical (unpaired) electrons. The molecule has 0 saturated carbocycles. The van der Waals surface area contributed by atoms with Gasteiger partial charge in [0.15, 0.2) is 0 Å². The van der Waals surface area contributed by atoms with E-state index in [9.17, 15) is 13.2 Å². The van der Waals surface area contributed by atoms with Crippen molar-refractivity contribution in [2.45, 2.75) is 17.7 Å². The molecule has 30 heavy (non-hydrogen) atoms. The second-order valence-electron chi connectivity index (χ2n) is 6.66. The van der Waals surface area contributed by atoms with Crippen molar-refractivity contribution >= 4 is 66.6 Å². The van der Waals surface area contributed by atoms with E-state index in [2.05, 4.69) is 15.0 Å². The van der Waals surface area contributed by atoms with Crippen molar-refractivity contribution in [2.24, 2.45) is 4.99 Å². The van der Waals surface area contributed by atoms with Crippen molar-refractivity contribution < 1.29 is 13.2 Å². The number of hydrogen-bond donors (Lipinski definition) is 2. The molecule has 154 valence electrons. The van der Waals surface area contributed by atoms with Gasteiger partial charge in [0.1, 0.15) is 5.84 Å². The summed E-state index contributed by atoms with van der Waals surface area (Å²) in [5, 5.41) is 4.24. The van der Waals surface area contributed by atoms with Crippen molar-refractivity contribution in [3.63, 3.8) is 0 Å². The SMILES string of the molecule is O=C(C=Cc1sc2ccccc2c1Cl)Nc1cccc(S(=O)(=O)NC2=NCCC2)c1. The van der Waals surface area contributed by atoms with E-state index in [1.807, 2.05) is 24.3 Å². The number of fused-ring (bicyclic) bond motifs is 1. The third-order valence-electron chi connectivity index (χ3n) is 4.48. The topological polar surface area (TPSA) is 87.6 Å². The average Bonchev–Trinajstić information content (AvgIpc) is 3.34. The minimum atomic E-state index is -3.74. The molecule has 0 atom stereocenters. The smallest absolute Gasteiger partial charge is 0.262 e. The van der Waals surface area contributed by atoms with Crippen molar-refractivity contribution in [1.82, 2.24) is 4.72 Å². The van der Waals surface area contributed by atoms with E-state index in [-0.39, 0.29) is 10.8 Å². The highest BCUT2D eigenvalue weighted by atomic mass is 35.5. The Labute approximate surface area is 183 Å². The number of anilines is 1. The predicted octanol–water partition coefficient (Wildman–Crippen LogP) is 4.68. The number of aliphatic imine (C=N–C) groups is 1. The molecule has 3 aromatic rings. The summed E-state index contributed by atoms with van der Waals surface area (Å²) in [6.07, 6.45) is 4.48. The van der Waals surface area contributed by atoms with Gasteiger partial charge >= 0.3 is 0 Å². The summed E-state index contributed by atoms with van der Waals surface area (Å²) in [4.78, 5) is 17.3. The Bertz CT molecular complexity index is 1280. The van der Waals surface area contributed by atoms with Crippen LogP contribution in [0.25, 0.3) is 16.2 Å². The summed E-state index contributed by atoms with van der Waals surface area (Å²) in [5.41, 5.74) is 0.378. The van der Waals surface area contributed by atoms with Gasteiger partial charge in [-0.3, -0.25) is 14.5 Å². The molecular weight excluding hydrogens is 442 g/mol. The number of rotatable bonds is 5.